The minimum Gasteiger partial charge on any atom is -0.385 e. The molecule has 1 saturated carbocycles. The number of hydrogen-bond acceptors (Lipinski definition) is 2. The molecule has 1 fully saturated rings. The van der Waals surface area contributed by atoms with Gasteiger partial charge in [0.15, 0.2) is 0 Å². The van der Waals surface area contributed by atoms with E-state index in [9.17, 15) is 4.79 Å². The van der Waals surface area contributed by atoms with Crippen LogP contribution in [0, 0.1) is 0 Å². The van der Waals surface area contributed by atoms with Crippen molar-refractivity contribution < 1.29 is 9.53 Å². The first-order chi connectivity index (χ1) is 9.19. The van der Waals surface area contributed by atoms with E-state index in [1.165, 1.54) is 0 Å². The smallest absolute Gasteiger partial charge is 0.230 e. The van der Waals surface area contributed by atoms with Gasteiger partial charge < -0.3 is 10.1 Å². The van der Waals surface area contributed by atoms with Crippen LogP contribution >= 0.6 is 15.9 Å². The first-order valence-electron chi connectivity index (χ1n) is 6.72. The average Bonchev–Trinajstić information content (AvgIpc) is 2.36. The van der Waals surface area contributed by atoms with Crippen molar-refractivity contribution in [2.45, 2.75) is 31.1 Å². The van der Waals surface area contributed by atoms with E-state index in [2.05, 4.69) is 33.4 Å². The molecule has 0 bridgehead atoms. The minimum atomic E-state index is -0.298. The summed E-state index contributed by atoms with van der Waals surface area (Å²) in [6.07, 6.45) is 3.88. The molecule has 3 nitrogen and oxygen atoms in total. The zero-order chi connectivity index (χ0) is 13.7. The molecule has 0 atom stereocenters. The highest BCUT2D eigenvalue weighted by atomic mass is 79.9. The van der Waals surface area contributed by atoms with Crippen LogP contribution in [0.4, 0.5) is 0 Å². The number of halogens is 1. The average molecular weight is 326 g/mol. The van der Waals surface area contributed by atoms with E-state index < -0.39 is 0 Å². The predicted octanol–water partition coefficient (Wildman–Crippen LogP) is 3.02. The molecule has 0 unspecified atom stereocenters. The van der Waals surface area contributed by atoms with Crippen LogP contribution < -0.4 is 5.32 Å². The number of ether oxygens (including phenoxy) is 1. The van der Waals surface area contributed by atoms with Gasteiger partial charge in [0.05, 0.1) is 5.41 Å². The molecule has 1 amide bonds. The van der Waals surface area contributed by atoms with E-state index in [1.807, 2.05) is 12.1 Å². The molecule has 0 spiro atoms. The summed E-state index contributed by atoms with van der Waals surface area (Å²) in [5.74, 6) is 0.164. The Balaban J connectivity index is 2.01. The van der Waals surface area contributed by atoms with Crippen LogP contribution in [0.15, 0.2) is 28.7 Å². The third-order valence-electron chi connectivity index (χ3n) is 3.85. The van der Waals surface area contributed by atoms with Crippen LogP contribution in [0.3, 0.4) is 0 Å². The lowest BCUT2D eigenvalue weighted by Crippen LogP contribution is -2.49. The van der Waals surface area contributed by atoms with Gasteiger partial charge in [0.25, 0.3) is 0 Å². The molecule has 4 heteroatoms. The molecule has 0 radical (unpaired) electrons. The third-order valence-corrected chi connectivity index (χ3v) is 4.38. The summed E-state index contributed by atoms with van der Waals surface area (Å²) in [6.45, 7) is 1.37. The molecule has 1 aliphatic carbocycles. The SMILES string of the molecule is COCCCNC(=O)C1(c2ccc(Br)cc2)CCC1. The van der Waals surface area contributed by atoms with Crippen LogP contribution in [-0.4, -0.2) is 26.2 Å². The Morgan fingerprint density at radius 1 is 1.37 bits per heavy atom. The van der Waals surface area contributed by atoms with Crippen molar-refractivity contribution in [1.82, 2.24) is 5.32 Å². The standard InChI is InChI=1S/C15H20BrNO2/c1-19-11-3-10-17-14(18)15(8-2-9-15)12-4-6-13(16)7-5-12/h4-7H,2-3,8-11H2,1H3,(H,17,18). The Morgan fingerprint density at radius 3 is 2.58 bits per heavy atom. The van der Waals surface area contributed by atoms with Crippen LogP contribution in [0.5, 0.6) is 0 Å². The van der Waals surface area contributed by atoms with Crippen molar-refractivity contribution in [1.29, 1.82) is 0 Å². The van der Waals surface area contributed by atoms with E-state index in [4.69, 9.17) is 4.74 Å². The quantitative estimate of drug-likeness (QED) is 0.816. The molecule has 1 N–H and O–H groups in total. The maximum absolute atomic E-state index is 12.4. The number of methoxy groups -OCH3 is 1. The Kier molecular flexibility index (Phi) is 4.99. The summed E-state index contributed by atoms with van der Waals surface area (Å²) < 4.78 is 6.04. The minimum absolute atomic E-state index is 0.164. The molecule has 19 heavy (non-hydrogen) atoms. The topological polar surface area (TPSA) is 38.3 Å². The number of carbonyl (C=O) groups is 1. The van der Waals surface area contributed by atoms with Gasteiger partial charge in [-0.1, -0.05) is 34.5 Å². The number of benzene rings is 1. The van der Waals surface area contributed by atoms with Crippen molar-refractivity contribution in [3.63, 3.8) is 0 Å². The van der Waals surface area contributed by atoms with Gasteiger partial charge in [0, 0.05) is 24.7 Å². The van der Waals surface area contributed by atoms with Crippen molar-refractivity contribution >= 4 is 21.8 Å². The van der Waals surface area contributed by atoms with E-state index in [0.717, 1.165) is 35.7 Å². The third kappa shape index (κ3) is 3.18. The number of amides is 1. The molecule has 1 aromatic rings. The maximum atomic E-state index is 12.4. The molecule has 2 rings (SSSR count). The molecule has 1 aliphatic rings. The number of carbonyl (C=O) groups excluding carboxylic acids is 1. The number of rotatable bonds is 6. The highest BCUT2D eigenvalue weighted by Crippen LogP contribution is 2.44. The summed E-state index contributed by atoms with van der Waals surface area (Å²) >= 11 is 3.43. The molecular formula is C15H20BrNO2. The second-order valence-electron chi connectivity index (χ2n) is 5.04. The van der Waals surface area contributed by atoms with Crippen molar-refractivity contribution in [2.75, 3.05) is 20.3 Å². The van der Waals surface area contributed by atoms with Gasteiger partial charge in [-0.25, -0.2) is 0 Å². The predicted molar refractivity (Wildman–Crippen MR) is 79.2 cm³/mol. The summed E-state index contributed by atoms with van der Waals surface area (Å²) in [5.41, 5.74) is 0.833. The van der Waals surface area contributed by atoms with Gasteiger partial charge >= 0.3 is 0 Å². The summed E-state index contributed by atoms with van der Waals surface area (Å²) in [6, 6.07) is 8.12. The molecule has 104 valence electrons. The highest BCUT2D eigenvalue weighted by molar-refractivity contribution is 9.10. The summed E-state index contributed by atoms with van der Waals surface area (Å²) in [7, 11) is 1.68. The zero-order valence-corrected chi connectivity index (χ0v) is 12.8. The normalized spacial score (nSPS) is 16.7. The van der Waals surface area contributed by atoms with E-state index in [1.54, 1.807) is 7.11 Å². The largest absolute Gasteiger partial charge is 0.385 e. The highest BCUT2D eigenvalue weighted by Gasteiger charge is 2.45. The van der Waals surface area contributed by atoms with E-state index in [-0.39, 0.29) is 11.3 Å². The van der Waals surface area contributed by atoms with Gasteiger partial charge in [-0.05, 0) is 37.0 Å². The second-order valence-corrected chi connectivity index (χ2v) is 5.96. The zero-order valence-electron chi connectivity index (χ0n) is 11.2. The fourth-order valence-corrected chi connectivity index (χ4v) is 2.80. The van der Waals surface area contributed by atoms with Crippen molar-refractivity contribution in [3.05, 3.63) is 34.3 Å². The van der Waals surface area contributed by atoms with E-state index in [0.29, 0.717) is 13.2 Å². The van der Waals surface area contributed by atoms with E-state index >= 15 is 0 Å². The molecule has 0 saturated heterocycles. The molecule has 0 aliphatic heterocycles. The van der Waals surface area contributed by atoms with Crippen molar-refractivity contribution in [2.24, 2.45) is 0 Å². The van der Waals surface area contributed by atoms with Gasteiger partial charge in [0.1, 0.15) is 0 Å². The molecular weight excluding hydrogens is 306 g/mol. The lowest BCUT2D eigenvalue weighted by atomic mass is 9.64. The summed E-state index contributed by atoms with van der Waals surface area (Å²) in [4.78, 5) is 12.4. The lowest BCUT2D eigenvalue weighted by molar-refractivity contribution is -0.129. The van der Waals surface area contributed by atoms with Gasteiger partial charge in [-0.15, -0.1) is 0 Å². The Hall–Kier alpha value is -0.870. The monoisotopic (exact) mass is 325 g/mol. The number of nitrogens with one attached hydrogen (secondary N) is 1. The Bertz CT molecular complexity index is 426. The molecule has 1 aromatic carbocycles. The first kappa shape index (κ1) is 14.5. The molecule has 0 aromatic heterocycles. The fourth-order valence-electron chi connectivity index (χ4n) is 2.53. The van der Waals surface area contributed by atoms with Crippen LogP contribution in [0.1, 0.15) is 31.2 Å². The van der Waals surface area contributed by atoms with Gasteiger partial charge in [-0.3, -0.25) is 4.79 Å². The van der Waals surface area contributed by atoms with Gasteiger partial charge in [0.2, 0.25) is 5.91 Å². The van der Waals surface area contributed by atoms with Crippen molar-refractivity contribution in [3.8, 4) is 0 Å². The Labute approximate surface area is 122 Å². The van der Waals surface area contributed by atoms with Crippen LogP contribution in [-0.2, 0) is 14.9 Å². The second kappa shape index (κ2) is 6.53. The van der Waals surface area contributed by atoms with Gasteiger partial charge in [-0.2, -0.15) is 0 Å². The maximum Gasteiger partial charge on any atom is 0.230 e. The first-order valence-corrected chi connectivity index (χ1v) is 7.52. The summed E-state index contributed by atoms with van der Waals surface area (Å²) in [5, 5.41) is 3.04. The Morgan fingerprint density at radius 2 is 2.05 bits per heavy atom. The van der Waals surface area contributed by atoms with Crippen LogP contribution in [0.25, 0.3) is 0 Å². The number of hydrogen-bond donors (Lipinski definition) is 1. The fraction of sp³-hybridized carbons (Fsp3) is 0.533. The van der Waals surface area contributed by atoms with Crippen LogP contribution in [0.2, 0.25) is 0 Å². The molecule has 0 heterocycles. The lowest BCUT2D eigenvalue weighted by Gasteiger charge is -2.40.